The first-order valence-electron chi connectivity index (χ1n) is 14.5. The molecule has 3 amide bonds. The van der Waals surface area contributed by atoms with E-state index in [1.165, 1.54) is 25.0 Å². The summed E-state index contributed by atoms with van der Waals surface area (Å²) in [5.74, 6) is -3.34. The highest BCUT2D eigenvalue weighted by Crippen LogP contribution is 2.19. The predicted octanol–water partition coefficient (Wildman–Crippen LogP) is -1.44. The Morgan fingerprint density at radius 1 is 0.826 bits per heavy atom. The van der Waals surface area contributed by atoms with E-state index in [0.717, 1.165) is 16.5 Å². The Balaban J connectivity index is 1.54. The number of fused-ring (bicyclic) bond motifs is 1. The number of H-pyrrole nitrogens is 3. The van der Waals surface area contributed by atoms with Crippen molar-refractivity contribution in [3.8, 4) is 0 Å². The maximum Gasteiger partial charge on any atom is 0.326 e. The number of amides is 3. The molecule has 0 saturated carbocycles. The number of imidazole rings is 2. The number of nitrogens with two attached hydrogens (primary N) is 3. The van der Waals surface area contributed by atoms with E-state index in [1.54, 1.807) is 6.20 Å². The van der Waals surface area contributed by atoms with Crippen molar-refractivity contribution in [3.05, 3.63) is 72.5 Å². The number of benzene rings is 1. The Morgan fingerprint density at radius 2 is 1.41 bits per heavy atom. The number of rotatable bonds is 17. The Hall–Kier alpha value is -5.71. The molecule has 4 rings (SSSR count). The smallest absolute Gasteiger partial charge is 0.326 e. The van der Waals surface area contributed by atoms with Crippen LogP contribution in [0.25, 0.3) is 10.9 Å². The number of guanidine groups is 1. The number of aliphatic imine (C=N–C) groups is 1. The van der Waals surface area contributed by atoms with Crippen LogP contribution in [0, 0.1) is 0 Å². The molecule has 0 spiro atoms. The number of carboxylic acid groups (broad SMARTS) is 1. The van der Waals surface area contributed by atoms with Crippen molar-refractivity contribution in [2.45, 2.75) is 56.3 Å². The number of hydrogen-bond acceptors (Lipinski definition) is 8. The Kier molecular flexibility index (Phi) is 11.4. The van der Waals surface area contributed by atoms with Gasteiger partial charge in [-0.3, -0.25) is 19.4 Å². The molecule has 0 fully saturated rings. The monoisotopic (exact) mass is 634 g/mol. The molecule has 4 aromatic rings. The molecule has 3 heterocycles. The van der Waals surface area contributed by atoms with Crippen LogP contribution in [0.3, 0.4) is 0 Å². The van der Waals surface area contributed by atoms with E-state index in [2.05, 4.69) is 45.9 Å². The fraction of sp³-hybridized carbons (Fsp3) is 0.345. The van der Waals surface area contributed by atoms with Gasteiger partial charge in [0.15, 0.2) is 5.96 Å². The minimum absolute atomic E-state index is 0.0357. The van der Waals surface area contributed by atoms with Crippen molar-refractivity contribution in [1.82, 2.24) is 40.9 Å². The lowest BCUT2D eigenvalue weighted by Gasteiger charge is -2.25. The highest BCUT2D eigenvalue weighted by molar-refractivity contribution is 5.95. The molecule has 13 N–H and O–H groups in total. The number of carbonyl (C=O) groups excluding carboxylic acids is 3. The highest BCUT2D eigenvalue weighted by atomic mass is 16.4. The fourth-order valence-electron chi connectivity index (χ4n) is 4.85. The molecular formula is C29H38N12O5. The van der Waals surface area contributed by atoms with Gasteiger partial charge in [0.25, 0.3) is 0 Å². The van der Waals surface area contributed by atoms with Gasteiger partial charge in [-0.25, -0.2) is 14.8 Å². The number of nitrogens with zero attached hydrogens (tertiary/aromatic N) is 3. The van der Waals surface area contributed by atoms with Crippen molar-refractivity contribution >= 4 is 40.6 Å². The van der Waals surface area contributed by atoms with E-state index < -0.39 is 47.9 Å². The fourth-order valence-corrected chi connectivity index (χ4v) is 4.85. The van der Waals surface area contributed by atoms with E-state index in [4.69, 9.17) is 17.2 Å². The number of hydrogen-bond donors (Lipinski definition) is 10. The predicted molar refractivity (Wildman–Crippen MR) is 168 cm³/mol. The molecule has 0 aliphatic carbocycles. The molecular weight excluding hydrogens is 596 g/mol. The third-order valence-corrected chi connectivity index (χ3v) is 7.24. The maximum atomic E-state index is 13.9. The molecule has 0 bridgehead atoms. The lowest BCUT2D eigenvalue weighted by Crippen LogP contribution is -2.58. The standard InChI is InChI=1S/C29H38N12O5/c30-20(5-3-7-35-29(31)32)25(42)39-22(8-16-11-36-21-6-2-1-4-19(16)21)26(43)40-23(9-17-12-33-14-37-17)27(44)41-24(28(45)46)10-18-13-34-15-38-18/h1-2,4,6,11-15,20,22-24,36H,3,5,7-10,30H2,(H,33,37)(H,34,38)(H,39,42)(H,40,43)(H,41,44)(H,45,46)(H4,31,32,35). The van der Waals surface area contributed by atoms with Gasteiger partial charge in [0.1, 0.15) is 18.1 Å². The normalized spacial score (nSPS) is 13.7. The summed E-state index contributed by atoms with van der Waals surface area (Å²) >= 11 is 0. The summed E-state index contributed by atoms with van der Waals surface area (Å²) in [7, 11) is 0. The van der Waals surface area contributed by atoms with Gasteiger partial charge in [-0.2, -0.15) is 0 Å². The number of nitrogens with one attached hydrogen (secondary N) is 6. The first-order valence-corrected chi connectivity index (χ1v) is 14.5. The molecule has 0 radical (unpaired) electrons. The van der Waals surface area contributed by atoms with Crippen LogP contribution in [0.4, 0.5) is 0 Å². The van der Waals surface area contributed by atoms with E-state index in [1.807, 2.05) is 24.3 Å². The minimum atomic E-state index is -1.31. The largest absolute Gasteiger partial charge is 0.480 e. The van der Waals surface area contributed by atoms with Crippen LogP contribution in [0.5, 0.6) is 0 Å². The molecule has 0 saturated heterocycles. The molecule has 0 aliphatic rings. The topological polar surface area (TPSA) is 288 Å². The number of carboxylic acids is 1. The Labute approximate surface area is 263 Å². The van der Waals surface area contributed by atoms with Crippen molar-refractivity contribution in [3.63, 3.8) is 0 Å². The summed E-state index contributed by atoms with van der Waals surface area (Å²) in [6.45, 7) is 0.282. The van der Waals surface area contributed by atoms with Gasteiger partial charge in [0.2, 0.25) is 17.7 Å². The van der Waals surface area contributed by atoms with Crippen LogP contribution < -0.4 is 33.2 Å². The SMILES string of the molecule is NC(N)=NCCCC(N)C(=O)NC(Cc1c[nH]c2ccccc12)C(=O)NC(Cc1cnc[nH]1)C(=O)NC(Cc1cnc[nH]1)C(=O)O. The zero-order valence-corrected chi connectivity index (χ0v) is 24.9. The van der Waals surface area contributed by atoms with Gasteiger partial charge in [0, 0.05) is 66.7 Å². The van der Waals surface area contributed by atoms with Crippen LogP contribution >= 0.6 is 0 Å². The molecule has 17 nitrogen and oxygen atoms in total. The van der Waals surface area contributed by atoms with Gasteiger partial charge in [-0.05, 0) is 24.5 Å². The Bertz CT molecular complexity index is 1630. The molecule has 4 atom stereocenters. The van der Waals surface area contributed by atoms with Crippen LogP contribution in [0.2, 0.25) is 0 Å². The van der Waals surface area contributed by atoms with Crippen molar-refractivity contribution in [2.24, 2.45) is 22.2 Å². The summed E-state index contributed by atoms with van der Waals surface area (Å²) in [5, 5.41) is 18.6. The number of aromatic amines is 3. The highest BCUT2D eigenvalue weighted by Gasteiger charge is 2.31. The molecule has 244 valence electrons. The van der Waals surface area contributed by atoms with Crippen LogP contribution in [-0.2, 0) is 38.4 Å². The quantitative estimate of drug-likeness (QED) is 0.0367. The maximum absolute atomic E-state index is 13.9. The number of aliphatic carboxylic acids is 1. The van der Waals surface area contributed by atoms with Crippen molar-refractivity contribution in [1.29, 1.82) is 0 Å². The second-order valence-corrected chi connectivity index (χ2v) is 10.7. The molecule has 1 aromatic carbocycles. The van der Waals surface area contributed by atoms with Crippen LogP contribution in [-0.4, -0.2) is 90.4 Å². The van der Waals surface area contributed by atoms with E-state index in [-0.39, 0.29) is 38.2 Å². The Morgan fingerprint density at radius 3 is 2.02 bits per heavy atom. The van der Waals surface area contributed by atoms with Crippen molar-refractivity contribution < 1.29 is 24.3 Å². The van der Waals surface area contributed by atoms with Crippen LogP contribution in [0.1, 0.15) is 29.8 Å². The lowest BCUT2D eigenvalue weighted by atomic mass is 10.0. The van der Waals surface area contributed by atoms with Gasteiger partial charge in [-0.15, -0.1) is 0 Å². The summed E-state index contributed by atoms with van der Waals surface area (Å²) in [6.07, 6.45) is 8.15. The first-order chi connectivity index (χ1) is 22.1. The number of carbonyl (C=O) groups is 4. The second kappa shape index (κ2) is 15.8. The third-order valence-electron chi connectivity index (χ3n) is 7.24. The van der Waals surface area contributed by atoms with E-state index >= 15 is 0 Å². The summed E-state index contributed by atoms with van der Waals surface area (Å²) < 4.78 is 0. The van der Waals surface area contributed by atoms with E-state index in [0.29, 0.717) is 17.8 Å². The molecule has 46 heavy (non-hydrogen) atoms. The molecule has 4 unspecified atom stereocenters. The van der Waals surface area contributed by atoms with Gasteiger partial charge in [0.05, 0.1) is 18.7 Å². The molecule has 17 heteroatoms. The first kappa shape index (κ1) is 33.2. The number of para-hydroxylation sites is 1. The summed E-state index contributed by atoms with van der Waals surface area (Å²) in [5.41, 5.74) is 19.4. The molecule has 0 aliphatic heterocycles. The summed E-state index contributed by atoms with van der Waals surface area (Å²) in [6, 6.07) is 2.83. The third kappa shape index (κ3) is 9.39. The van der Waals surface area contributed by atoms with Crippen molar-refractivity contribution in [2.75, 3.05) is 6.54 Å². The molecule has 3 aromatic heterocycles. The number of aromatic nitrogens is 5. The zero-order valence-electron chi connectivity index (χ0n) is 24.9. The average molecular weight is 635 g/mol. The van der Waals surface area contributed by atoms with E-state index in [9.17, 15) is 24.3 Å². The zero-order chi connectivity index (χ0) is 33.1. The summed E-state index contributed by atoms with van der Waals surface area (Å²) in [4.78, 5) is 73.1. The minimum Gasteiger partial charge on any atom is -0.480 e. The van der Waals surface area contributed by atoms with Crippen LogP contribution in [0.15, 0.2) is 60.5 Å². The van der Waals surface area contributed by atoms with Gasteiger partial charge >= 0.3 is 5.97 Å². The second-order valence-electron chi connectivity index (χ2n) is 10.7. The van der Waals surface area contributed by atoms with Gasteiger partial charge in [-0.1, -0.05) is 18.2 Å². The lowest BCUT2D eigenvalue weighted by molar-refractivity contribution is -0.142. The van der Waals surface area contributed by atoms with Gasteiger partial charge < -0.3 is 53.2 Å². The average Bonchev–Trinajstić information content (AvgIpc) is 3.81.